The summed E-state index contributed by atoms with van der Waals surface area (Å²) in [6.07, 6.45) is 3.65. The first-order valence-electron chi connectivity index (χ1n) is 6.08. The number of hydrogen-bond acceptors (Lipinski definition) is 3. The Kier molecular flexibility index (Phi) is 3.99. The monoisotopic (exact) mass is 246 g/mol. The maximum absolute atomic E-state index is 10.3. The molecule has 1 aromatic heterocycles. The van der Waals surface area contributed by atoms with Crippen LogP contribution in [0.3, 0.4) is 0 Å². The Morgan fingerprint density at radius 1 is 1.39 bits per heavy atom. The minimum absolute atomic E-state index is 0.540. The molecular weight excluding hydrogens is 228 g/mol. The average molecular weight is 246 g/mol. The van der Waals surface area contributed by atoms with Crippen LogP contribution in [0.1, 0.15) is 24.2 Å². The van der Waals surface area contributed by atoms with E-state index in [1.54, 1.807) is 10.9 Å². The van der Waals surface area contributed by atoms with Crippen LogP contribution in [-0.2, 0) is 13.5 Å². The fraction of sp³-hybridized carbons (Fsp3) is 0.357. The number of aliphatic hydroxyl groups is 1. The van der Waals surface area contributed by atoms with Gasteiger partial charge < -0.3 is 9.84 Å². The highest BCUT2D eigenvalue weighted by Crippen LogP contribution is 2.27. The summed E-state index contributed by atoms with van der Waals surface area (Å²) in [6, 6.07) is 7.59. The summed E-state index contributed by atoms with van der Waals surface area (Å²) in [6.45, 7) is 2.53. The zero-order valence-corrected chi connectivity index (χ0v) is 10.7. The van der Waals surface area contributed by atoms with Gasteiger partial charge in [-0.1, -0.05) is 18.2 Å². The van der Waals surface area contributed by atoms with Crippen LogP contribution in [0.4, 0.5) is 0 Å². The first kappa shape index (κ1) is 12.6. The lowest BCUT2D eigenvalue weighted by Gasteiger charge is -2.14. The minimum Gasteiger partial charge on any atom is -0.493 e. The number of nitrogens with zero attached hydrogens (tertiary/aromatic N) is 2. The highest BCUT2D eigenvalue weighted by atomic mass is 16.5. The van der Waals surface area contributed by atoms with Gasteiger partial charge >= 0.3 is 0 Å². The van der Waals surface area contributed by atoms with Crippen LogP contribution in [0.5, 0.6) is 5.75 Å². The number of rotatable bonds is 5. The third-order valence-electron chi connectivity index (χ3n) is 2.77. The topological polar surface area (TPSA) is 47.3 Å². The molecule has 0 spiro atoms. The van der Waals surface area contributed by atoms with E-state index < -0.39 is 6.10 Å². The van der Waals surface area contributed by atoms with E-state index in [9.17, 15) is 5.11 Å². The zero-order chi connectivity index (χ0) is 13.0. The molecule has 4 heteroatoms. The standard InChI is InChI=1S/C14H18N2O2/c1-3-18-14-7-5-4-6-12(14)13(17)8-11-9-15-16(2)10-11/h4-7,9-10,13,17H,3,8H2,1-2H3. The number of ether oxygens (including phenoxy) is 1. The van der Waals surface area contributed by atoms with Crippen molar-refractivity contribution >= 4 is 0 Å². The molecule has 18 heavy (non-hydrogen) atoms. The summed E-state index contributed by atoms with van der Waals surface area (Å²) in [5.74, 6) is 0.747. The van der Waals surface area contributed by atoms with Gasteiger partial charge in [0.2, 0.25) is 0 Å². The molecule has 1 N–H and O–H groups in total. The van der Waals surface area contributed by atoms with Gasteiger partial charge in [0.15, 0.2) is 0 Å². The van der Waals surface area contributed by atoms with E-state index in [2.05, 4.69) is 5.10 Å². The Morgan fingerprint density at radius 3 is 2.83 bits per heavy atom. The Morgan fingerprint density at radius 2 is 2.17 bits per heavy atom. The van der Waals surface area contributed by atoms with Crippen molar-refractivity contribution in [1.82, 2.24) is 9.78 Å². The van der Waals surface area contributed by atoms with E-state index in [1.807, 2.05) is 44.4 Å². The summed E-state index contributed by atoms with van der Waals surface area (Å²) < 4.78 is 7.25. The van der Waals surface area contributed by atoms with Gasteiger partial charge in [-0.3, -0.25) is 4.68 Å². The third kappa shape index (κ3) is 2.90. The Hall–Kier alpha value is -1.81. The highest BCUT2D eigenvalue weighted by molar-refractivity contribution is 5.35. The maximum Gasteiger partial charge on any atom is 0.125 e. The lowest BCUT2D eigenvalue weighted by Crippen LogP contribution is -2.05. The van der Waals surface area contributed by atoms with Gasteiger partial charge in [-0.25, -0.2) is 0 Å². The Bertz CT molecular complexity index is 508. The van der Waals surface area contributed by atoms with Crippen LogP contribution in [0.25, 0.3) is 0 Å². The summed E-state index contributed by atoms with van der Waals surface area (Å²) in [5.41, 5.74) is 1.83. The molecule has 0 aliphatic heterocycles. The molecule has 2 aromatic rings. The molecule has 0 radical (unpaired) electrons. The number of para-hydroxylation sites is 1. The second-order valence-corrected chi connectivity index (χ2v) is 4.21. The second-order valence-electron chi connectivity index (χ2n) is 4.21. The van der Waals surface area contributed by atoms with E-state index in [1.165, 1.54) is 0 Å². The molecule has 0 bridgehead atoms. The molecule has 0 saturated heterocycles. The van der Waals surface area contributed by atoms with Crippen LogP contribution in [0, 0.1) is 0 Å². The molecule has 4 nitrogen and oxygen atoms in total. The summed E-state index contributed by atoms with van der Waals surface area (Å²) in [4.78, 5) is 0. The molecule has 0 aliphatic rings. The van der Waals surface area contributed by atoms with Crippen LogP contribution in [0.15, 0.2) is 36.7 Å². The van der Waals surface area contributed by atoms with Gasteiger partial charge in [0.05, 0.1) is 18.9 Å². The number of hydrogen-bond donors (Lipinski definition) is 1. The predicted molar refractivity (Wildman–Crippen MR) is 69.5 cm³/mol. The number of benzene rings is 1. The number of aliphatic hydroxyl groups excluding tert-OH is 1. The fourth-order valence-corrected chi connectivity index (χ4v) is 1.95. The maximum atomic E-state index is 10.3. The SMILES string of the molecule is CCOc1ccccc1C(O)Cc1cnn(C)c1. The van der Waals surface area contributed by atoms with E-state index in [-0.39, 0.29) is 0 Å². The highest BCUT2D eigenvalue weighted by Gasteiger charge is 2.14. The van der Waals surface area contributed by atoms with Gasteiger partial charge in [0.25, 0.3) is 0 Å². The van der Waals surface area contributed by atoms with E-state index in [0.717, 1.165) is 16.9 Å². The van der Waals surface area contributed by atoms with Gasteiger partial charge in [-0.15, -0.1) is 0 Å². The molecule has 0 fully saturated rings. The molecule has 1 aromatic carbocycles. The number of aryl methyl sites for hydroxylation is 1. The molecule has 2 rings (SSSR count). The largest absolute Gasteiger partial charge is 0.493 e. The van der Waals surface area contributed by atoms with Gasteiger partial charge in [-0.05, 0) is 18.6 Å². The molecule has 96 valence electrons. The van der Waals surface area contributed by atoms with Gasteiger partial charge in [0.1, 0.15) is 5.75 Å². The fourth-order valence-electron chi connectivity index (χ4n) is 1.95. The minimum atomic E-state index is -0.572. The predicted octanol–water partition coefficient (Wildman–Crippen LogP) is 2.09. The van der Waals surface area contributed by atoms with Crippen molar-refractivity contribution in [3.05, 3.63) is 47.8 Å². The van der Waals surface area contributed by atoms with Gasteiger partial charge in [-0.2, -0.15) is 5.10 Å². The smallest absolute Gasteiger partial charge is 0.125 e. The molecule has 1 unspecified atom stereocenters. The first-order valence-corrected chi connectivity index (χ1v) is 6.08. The summed E-state index contributed by atoms with van der Waals surface area (Å²) in [7, 11) is 1.87. The van der Waals surface area contributed by atoms with Crippen molar-refractivity contribution in [3.8, 4) is 5.75 Å². The van der Waals surface area contributed by atoms with Crippen molar-refractivity contribution in [2.75, 3.05) is 6.61 Å². The van der Waals surface area contributed by atoms with E-state index >= 15 is 0 Å². The zero-order valence-electron chi connectivity index (χ0n) is 10.7. The third-order valence-corrected chi connectivity index (χ3v) is 2.77. The van der Waals surface area contributed by atoms with Crippen LogP contribution in [-0.4, -0.2) is 21.5 Å². The normalized spacial score (nSPS) is 12.4. The molecule has 1 heterocycles. The van der Waals surface area contributed by atoms with Crippen molar-refractivity contribution in [1.29, 1.82) is 0 Å². The molecule has 0 aliphatic carbocycles. The second kappa shape index (κ2) is 5.69. The first-order chi connectivity index (χ1) is 8.70. The lowest BCUT2D eigenvalue weighted by molar-refractivity contribution is 0.172. The van der Waals surface area contributed by atoms with Crippen LogP contribution >= 0.6 is 0 Å². The van der Waals surface area contributed by atoms with Crippen molar-refractivity contribution in [2.24, 2.45) is 7.05 Å². The lowest BCUT2D eigenvalue weighted by atomic mass is 10.0. The van der Waals surface area contributed by atoms with E-state index in [0.29, 0.717) is 13.0 Å². The molecule has 0 amide bonds. The van der Waals surface area contributed by atoms with Crippen molar-refractivity contribution < 1.29 is 9.84 Å². The summed E-state index contributed by atoms with van der Waals surface area (Å²) in [5, 5.41) is 14.4. The molecular formula is C14H18N2O2. The number of aromatic nitrogens is 2. The van der Waals surface area contributed by atoms with E-state index in [4.69, 9.17) is 4.74 Å². The average Bonchev–Trinajstić information content (AvgIpc) is 2.76. The van der Waals surface area contributed by atoms with Crippen LogP contribution in [0.2, 0.25) is 0 Å². The summed E-state index contributed by atoms with van der Waals surface area (Å²) >= 11 is 0. The Balaban J connectivity index is 2.15. The van der Waals surface area contributed by atoms with Crippen molar-refractivity contribution in [3.63, 3.8) is 0 Å². The van der Waals surface area contributed by atoms with Gasteiger partial charge in [0, 0.05) is 25.2 Å². The Labute approximate surface area is 107 Å². The van der Waals surface area contributed by atoms with Crippen LogP contribution < -0.4 is 4.74 Å². The quantitative estimate of drug-likeness (QED) is 0.878. The molecule has 1 atom stereocenters. The molecule has 0 saturated carbocycles. The van der Waals surface area contributed by atoms with Crippen molar-refractivity contribution in [2.45, 2.75) is 19.4 Å².